The molecule has 1 rings (SSSR count). The molecule has 13 heavy (non-hydrogen) atoms. The molecule has 3 nitrogen and oxygen atoms in total. The fourth-order valence-electron chi connectivity index (χ4n) is 0.816. The summed E-state index contributed by atoms with van der Waals surface area (Å²) in [6.45, 7) is 1.85. The molecule has 1 aromatic carbocycles. The second-order valence-corrected chi connectivity index (χ2v) is 4.80. The van der Waals surface area contributed by atoms with Gasteiger partial charge >= 0.3 is 0 Å². The van der Waals surface area contributed by atoms with Gasteiger partial charge in [0.2, 0.25) is 0 Å². The zero-order valence-electron chi connectivity index (χ0n) is 7.21. The third-order valence-corrected chi connectivity index (χ3v) is 3.14. The third kappa shape index (κ3) is 3.00. The first-order valence-corrected chi connectivity index (χ1v) is 5.94. The topological polar surface area (TPSA) is 55.1 Å². The van der Waals surface area contributed by atoms with E-state index in [1.165, 1.54) is 0 Å². The molecule has 0 spiro atoms. The van der Waals surface area contributed by atoms with Crippen molar-refractivity contribution >= 4 is 38.3 Å². The number of benzene rings is 1. The summed E-state index contributed by atoms with van der Waals surface area (Å²) in [5.74, 6) is 0.571. The number of rotatable bonds is 3. The maximum Gasteiger partial charge on any atom is 0.116 e. The number of nitrogens with one attached hydrogen (secondary N) is 1. The van der Waals surface area contributed by atoms with Crippen LogP contribution in [0.3, 0.4) is 0 Å². The number of hydrogen-bond acceptors (Lipinski definition) is 2. The van der Waals surface area contributed by atoms with Crippen molar-refractivity contribution < 1.29 is 4.21 Å². The van der Waals surface area contributed by atoms with E-state index in [9.17, 15) is 4.21 Å². The van der Waals surface area contributed by atoms with E-state index < -0.39 is 11.0 Å². The monoisotopic (exact) mass is 262 g/mol. The Bertz CT molecular complexity index is 330. The molecular formula is C8H11BrN2OS. The highest BCUT2D eigenvalue weighted by molar-refractivity contribution is 9.10. The summed E-state index contributed by atoms with van der Waals surface area (Å²) in [4.78, 5) is 0. The van der Waals surface area contributed by atoms with Gasteiger partial charge in [0.25, 0.3) is 0 Å². The second-order valence-electron chi connectivity index (χ2n) is 2.48. The molecule has 0 aliphatic carbocycles. The van der Waals surface area contributed by atoms with Crippen LogP contribution in [0.2, 0.25) is 0 Å². The number of nitrogen functional groups attached to an aromatic ring is 1. The molecule has 1 unspecified atom stereocenters. The minimum Gasteiger partial charge on any atom is -0.399 e. The Hall–Kier alpha value is -0.550. The van der Waals surface area contributed by atoms with Crippen LogP contribution in [0.15, 0.2) is 22.7 Å². The molecule has 0 saturated heterocycles. The molecule has 0 saturated carbocycles. The third-order valence-electron chi connectivity index (χ3n) is 1.48. The summed E-state index contributed by atoms with van der Waals surface area (Å²) in [6.07, 6.45) is 0. The van der Waals surface area contributed by atoms with Crippen LogP contribution < -0.4 is 10.5 Å². The lowest BCUT2D eigenvalue weighted by molar-refractivity contribution is 0.687. The highest BCUT2D eigenvalue weighted by Crippen LogP contribution is 2.24. The normalized spacial score (nSPS) is 12.5. The van der Waals surface area contributed by atoms with Gasteiger partial charge in [0.05, 0.1) is 5.69 Å². The van der Waals surface area contributed by atoms with Crippen molar-refractivity contribution in [1.82, 2.24) is 0 Å². The van der Waals surface area contributed by atoms with E-state index >= 15 is 0 Å². The highest BCUT2D eigenvalue weighted by Gasteiger charge is 2.02. The fraction of sp³-hybridized carbons (Fsp3) is 0.250. The molecule has 0 aliphatic rings. The number of hydrogen-bond donors (Lipinski definition) is 2. The summed E-state index contributed by atoms with van der Waals surface area (Å²) in [6, 6.07) is 5.35. The summed E-state index contributed by atoms with van der Waals surface area (Å²) < 4.78 is 14.9. The summed E-state index contributed by atoms with van der Waals surface area (Å²) in [7, 11) is -1.03. The lowest BCUT2D eigenvalue weighted by Gasteiger charge is -2.07. The molecule has 72 valence electrons. The maximum absolute atomic E-state index is 11.2. The summed E-state index contributed by atoms with van der Waals surface area (Å²) in [5, 5.41) is 0. The van der Waals surface area contributed by atoms with Gasteiger partial charge in [-0.2, -0.15) is 0 Å². The van der Waals surface area contributed by atoms with Gasteiger partial charge in [-0.3, -0.25) is 0 Å². The van der Waals surface area contributed by atoms with E-state index in [0.29, 0.717) is 11.4 Å². The fourth-order valence-corrected chi connectivity index (χ4v) is 1.85. The first-order chi connectivity index (χ1) is 6.13. The van der Waals surface area contributed by atoms with E-state index in [1.807, 2.05) is 13.0 Å². The van der Waals surface area contributed by atoms with E-state index in [0.717, 1.165) is 10.2 Å². The van der Waals surface area contributed by atoms with Crippen molar-refractivity contribution in [3.63, 3.8) is 0 Å². The van der Waals surface area contributed by atoms with Crippen LogP contribution >= 0.6 is 15.9 Å². The standard InChI is InChI=1S/C8H11BrN2OS/c1-2-13(12)11-8-5-6(10)3-4-7(8)9/h3-5,11H,2,10H2,1H3. The smallest absolute Gasteiger partial charge is 0.116 e. The van der Waals surface area contributed by atoms with Gasteiger partial charge in [-0.25, -0.2) is 4.21 Å². The van der Waals surface area contributed by atoms with Crippen molar-refractivity contribution in [2.75, 3.05) is 16.2 Å². The lowest BCUT2D eigenvalue weighted by Crippen LogP contribution is -2.06. The average Bonchev–Trinajstić information content (AvgIpc) is 2.11. The van der Waals surface area contributed by atoms with Crippen LogP contribution in [0.1, 0.15) is 6.92 Å². The van der Waals surface area contributed by atoms with Gasteiger partial charge in [-0.15, -0.1) is 0 Å². The van der Waals surface area contributed by atoms with Crippen LogP contribution in [-0.4, -0.2) is 9.96 Å². The van der Waals surface area contributed by atoms with Crippen LogP contribution in [0, 0.1) is 0 Å². The predicted octanol–water partition coefficient (Wildman–Crippen LogP) is 2.13. The number of halogens is 1. The maximum atomic E-state index is 11.2. The Labute approximate surface area is 88.4 Å². The Kier molecular flexibility index (Phi) is 3.74. The van der Waals surface area contributed by atoms with Crippen molar-refractivity contribution in [2.45, 2.75) is 6.92 Å². The molecule has 3 N–H and O–H groups in total. The van der Waals surface area contributed by atoms with Crippen molar-refractivity contribution in [1.29, 1.82) is 0 Å². The van der Waals surface area contributed by atoms with Crippen LogP contribution in [0.5, 0.6) is 0 Å². The highest BCUT2D eigenvalue weighted by atomic mass is 79.9. The van der Waals surface area contributed by atoms with Crippen molar-refractivity contribution in [2.24, 2.45) is 0 Å². The quantitative estimate of drug-likeness (QED) is 0.821. The van der Waals surface area contributed by atoms with Gasteiger partial charge in [0.1, 0.15) is 11.0 Å². The van der Waals surface area contributed by atoms with Crippen LogP contribution in [-0.2, 0) is 11.0 Å². The first kappa shape index (κ1) is 10.5. The molecule has 0 aromatic heterocycles. The van der Waals surface area contributed by atoms with Crippen LogP contribution in [0.4, 0.5) is 11.4 Å². The van der Waals surface area contributed by atoms with Crippen molar-refractivity contribution in [3.8, 4) is 0 Å². The minimum atomic E-state index is -1.03. The molecule has 0 bridgehead atoms. The lowest BCUT2D eigenvalue weighted by atomic mass is 10.3. The zero-order valence-corrected chi connectivity index (χ0v) is 9.61. The molecule has 0 aliphatic heterocycles. The average molecular weight is 263 g/mol. The summed E-state index contributed by atoms with van der Waals surface area (Å²) in [5.41, 5.74) is 7.00. The predicted molar refractivity (Wildman–Crippen MR) is 60.9 cm³/mol. The SMILES string of the molecule is CCS(=O)Nc1cc(N)ccc1Br. The molecule has 1 aromatic rings. The van der Waals surface area contributed by atoms with Gasteiger partial charge in [0, 0.05) is 15.9 Å². The van der Waals surface area contributed by atoms with Crippen molar-refractivity contribution in [3.05, 3.63) is 22.7 Å². The molecule has 5 heteroatoms. The van der Waals surface area contributed by atoms with Gasteiger partial charge < -0.3 is 10.5 Å². The Morgan fingerprint density at radius 1 is 1.62 bits per heavy atom. The van der Waals surface area contributed by atoms with E-state index in [2.05, 4.69) is 20.7 Å². The summed E-state index contributed by atoms with van der Waals surface area (Å²) >= 11 is 3.34. The Morgan fingerprint density at radius 3 is 2.92 bits per heavy atom. The minimum absolute atomic E-state index is 0.571. The number of anilines is 2. The van der Waals surface area contributed by atoms with Gasteiger partial charge in [0.15, 0.2) is 0 Å². The van der Waals surface area contributed by atoms with E-state index in [-0.39, 0.29) is 0 Å². The zero-order chi connectivity index (χ0) is 9.84. The second kappa shape index (κ2) is 4.62. The molecule has 0 fully saturated rings. The molecule has 0 radical (unpaired) electrons. The molecular weight excluding hydrogens is 252 g/mol. The van der Waals surface area contributed by atoms with E-state index in [4.69, 9.17) is 5.73 Å². The van der Waals surface area contributed by atoms with E-state index in [1.54, 1.807) is 12.1 Å². The first-order valence-electron chi connectivity index (χ1n) is 3.83. The number of nitrogens with two attached hydrogens (primary N) is 1. The van der Waals surface area contributed by atoms with Crippen LogP contribution in [0.25, 0.3) is 0 Å². The van der Waals surface area contributed by atoms with Gasteiger partial charge in [-0.05, 0) is 34.1 Å². The molecule has 1 atom stereocenters. The molecule has 0 amide bonds. The Balaban J connectivity index is 2.87. The van der Waals surface area contributed by atoms with Gasteiger partial charge in [-0.1, -0.05) is 6.92 Å². The Morgan fingerprint density at radius 2 is 2.31 bits per heavy atom. The molecule has 0 heterocycles. The largest absolute Gasteiger partial charge is 0.399 e.